The fourth-order valence-electron chi connectivity index (χ4n) is 1.76. The Morgan fingerprint density at radius 2 is 2.06 bits per heavy atom. The van der Waals surface area contributed by atoms with Gasteiger partial charge in [0.25, 0.3) is 5.91 Å². The molecule has 0 aliphatic heterocycles. The van der Waals surface area contributed by atoms with Crippen molar-refractivity contribution in [2.24, 2.45) is 0 Å². The van der Waals surface area contributed by atoms with E-state index in [1.54, 1.807) is 19.2 Å². The van der Waals surface area contributed by atoms with E-state index in [1.165, 1.54) is 0 Å². The topological polar surface area (TPSA) is 38.3 Å². The molecule has 1 aromatic carbocycles. The largest absolute Gasteiger partial charge is 0.383 e. The zero-order chi connectivity index (χ0) is 13.4. The van der Waals surface area contributed by atoms with Crippen LogP contribution in [0, 0.1) is 0 Å². The van der Waals surface area contributed by atoms with Crippen molar-refractivity contribution in [2.45, 2.75) is 31.7 Å². The van der Waals surface area contributed by atoms with E-state index in [0.29, 0.717) is 18.1 Å². The number of carbonyl (C=O) groups is 1. The predicted molar refractivity (Wildman–Crippen MR) is 74.0 cm³/mol. The lowest BCUT2D eigenvalue weighted by atomic mass is 10.1. The van der Waals surface area contributed by atoms with Gasteiger partial charge < -0.3 is 10.1 Å². The molecule has 1 atom stereocenters. The fourth-order valence-corrected chi connectivity index (χ4v) is 1.94. The van der Waals surface area contributed by atoms with E-state index in [0.717, 1.165) is 18.4 Å². The minimum absolute atomic E-state index is 0.0633. The summed E-state index contributed by atoms with van der Waals surface area (Å²) >= 11 is 5.71. The number of methoxy groups -OCH3 is 1. The van der Waals surface area contributed by atoms with E-state index >= 15 is 0 Å². The molecule has 0 spiro atoms. The maximum Gasteiger partial charge on any atom is 0.251 e. The number of rotatable bonds is 7. The Bertz CT molecular complexity index is 359. The monoisotopic (exact) mass is 269 g/mol. The number of halogens is 1. The number of ether oxygens (including phenoxy) is 1. The quantitative estimate of drug-likeness (QED) is 0.773. The Morgan fingerprint density at radius 1 is 1.39 bits per heavy atom. The average molecular weight is 270 g/mol. The zero-order valence-electron chi connectivity index (χ0n) is 10.9. The van der Waals surface area contributed by atoms with E-state index < -0.39 is 0 Å². The highest BCUT2D eigenvalue weighted by atomic mass is 35.5. The van der Waals surface area contributed by atoms with Gasteiger partial charge in [0.1, 0.15) is 0 Å². The van der Waals surface area contributed by atoms with Crippen LogP contribution < -0.4 is 5.32 Å². The van der Waals surface area contributed by atoms with Crippen LogP contribution in [-0.4, -0.2) is 25.7 Å². The van der Waals surface area contributed by atoms with E-state index in [9.17, 15) is 4.79 Å². The molecule has 0 bridgehead atoms. The van der Waals surface area contributed by atoms with Crippen LogP contribution in [-0.2, 0) is 10.6 Å². The summed E-state index contributed by atoms with van der Waals surface area (Å²) in [5.41, 5.74) is 1.66. The van der Waals surface area contributed by atoms with E-state index in [4.69, 9.17) is 16.3 Å². The van der Waals surface area contributed by atoms with Gasteiger partial charge in [-0.3, -0.25) is 4.79 Å². The van der Waals surface area contributed by atoms with E-state index in [2.05, 4.69) is 12.2 Å². The second-order valence-corrected chi connectivity index (χ2v) is 4.51. The van der Waals surface area contributed by atoms with Gasteiger partial charge in [-0.25, -0.2) is 0 Å². The summed E-state index contributed by atoms with van der Waals surface area (Å²) in [6.45, 7) is 2.63. The van der Waals surface area contributed by atoms with Crippen molar-refractivity contribution in [3.63, 3.8) is 0 Å². The van der Waals surface area contributed by atoms with Gasteiger partial charge in [-0.1, -0.05) is 25.5 Å². The van der Waals surface area contributed by atoms with Crippen LogP contribution in [0.2, 0.25) is 0 Å². The first-order chi connectivity index (χ1) is 8.71. The first kappa shape index (κ1) is 15.0. The van der Waals surface area contributed by atoms with Gasteiger partial charge in [-0.15, -0.1) is 11.6 Å². The van der Waals surface area contributed by atoms with Crippen LogP contribution in [0.5, 0.6) is 0 Å². The third kappa shape index (κ3) is 4.67. The molecule has 4 heteroatoms. The maximum atomic E-state index is 12.0. The molecule has 1 aromatic rings. The minimum Gasteiger partial charge on any atom is -0.383 e. The molecule has 18 heavy (non-hydrogen) atoms. The molecule has 0 radical (unpaired) electrons. The Balaban J connectivity index is 2.61. The molecular formula is C14H20ClNO2. The summed E-state index contributed by atoms with van der Waals surface area (Å²) in [6.07, 6.45) is 1.93. The van der Waals surface area contributed by atoms with Crippen molar-refractivity contribution >= 4 is 17.5 Å². The van der Waals surface area contributed by atoms with Crippen molar-refractivity contribution in [3.8, 4) is 0 Å². The van der Waals surface area contributed by atoms with Crippen LogP contribution in [0.1, 0.15) is 35.7 Å². The van der Waals surface area contributed by atoms with Crippen LogP contribution >= 0.6 is 11.6 Å². The van der Waals surface area contributed by atoms with Crippen LogP contribution in [0.25, 0.3) is 0 Å². The lowest BCUT2D eigenvalue weighted by Crippen LogP contribution is -2.37. The molecule has 0 fully saturated rings. The number of hydrogen-bond acceptors (Lipinski definition) is 2. The summed E-state index contributed by atoms with van der Waals surface area (Å²) in [5.74, 6) is 0.399. The Hall–Kier alpha value is -1.06. The molecule has 0 aliphatic carbocycles. The number of amides is 1. The van der Waals surface area contributed by atoms with Gasteiger partial charge in [0, 0.05) is 18.6 Å². The summed E-state index contributed by atoms with van der Waals surface area (Å²) < 4.78 is 5.10. The minimum atomic E-state index is -0.0633. The number of hydrogen-bond donors (Lipinski definition) is 1. The highest BCUT2D eigenvalue weighted by molar-refractivity contribution is 6.17. The molecule has 0 heterocycles. The van der Waals surface area contributed by atoms with Crippen LogP contribution in [0.3, 0.4) is 0 Å². The maximum absolute atomic E-state index is 12.0. The fraction of sp³-hybridized carbons (Fsp3) is 0.500. The van der Waals surface area contributed by atoms with Crippen LogP contribution in [0.4, 0.5) is 0 Å². The first-order valence-corrected chi connectivity index (χ1v) is 6.69. The van der Waals surface area contributed by atoms with Gasteiger partial charge in [-0.2, -0.15) is 0 Å². The third-order valence-electron chi connectivity index (χ3n) is 2.71. The zero-order valence-corrected chi connectivity index (χ0v) is 11.7. The number of benzene rings is 1. The van der Waals surface area contributed by atoms with Gasteiger partial charge in [-0.05, 0) is 24.1 Å². The summed E-state index contributed by atoms with van der Waals surface area (Å²) in [5, 5.41) is 2.98. The summed E-state index contributed by atoms with van der Waals surface area (Å²) in [4.78, 5) is 12.0. The lowest BCUT2D eigenvalue weighted by Gasteiger charge is -2.17. The predicted octanol–water partition coefficient (Wildman–Crippen LogP) is 2.97. The summed E-state index contributed by atoms with van der Waals surface area (Å²) in [7, 11) is 1.64. The van der Waals surface area contributed by atoms with Crippen LogP contribution in [0.15, 0.2) is 24.3 Å². The standard InChI is InChI=1S/C14H20ClNO2/c1-3-4-13(10-18-2)16-14(17)12-7-5-11(9-15)6-8-12/h5-8,13H,3-4,9-10H2,1-2H3,(H,16,17). The summed E-state index contributed by atoms with van der Waals surface area (Å²) in [6, 6.07) is 7.39. The molecule has 0 saturated heterocycles. The first-order valence-electron chi connectivity index (χ1n) is 6.16. The Labute approximate surface area is 113 Å². The second kappa shape index (κ2) is 8.11. The number of alkyl halides is 1. The Kier molecular flexibility index (Phi) is 6.76. The van der Waals surface area contributed by atoms with Crippen molar-refractivity contribution < 1.29 is 9.53 Å². The molecule has 1 unspecified atom stereocenters. The van der Waals surface area contributed by atoms with Crippen molar-refractivity contribution in [1.82, 2.24) is 5.32 Å². The third-order valence-corrected chi connectivity index (χ3v) is 3.02. The normalized spacial score (nSPS) is 12.2. The molecule has 0 aliphatic rings. The highest BCUT2D eigenvalue weighted by Crippen LogP contribution is 2.08. The molecule has 1 amide bonds. The average Bonchev–Trinajstić information content (AvgIpc) is 2.39. The highest BCUT2D eigenvalue weighted by Gasteiger charge is 2.12. The van der Waals surface area contributed by atoms with Gasteiger partial charge in [0.15, 0.2) is 0 Å². The van der Waals surface area contributed by atoms with Crippen molar-refractivity contribution in [1.29, 1.82) is 0 Å². The van der Waals surface area contributed by atoms with Gasteiger partial charge in [0.05, 0.1) is 12.6 Å². The van der Waals surface area contributed by atoms with Gasteiger partial charge in [0.2, 0.25) is 0 Å². The molecule has 1 rings (SSSR count). The molecular weight excluding hydrogens is 250 g/mol. The SMILES string of the molecule is CCCC(COC)NC(=O)c1ccc(CCl)cc1. The second-order valence-electron chi connectivity index (χ2n) is 4.24. The van der Waals surface area contributed by atoms with Crippen molar-refractivity contribution in [2.75, 3.05) is 13.7 Å². The molecule has 0 saturated carbocycles. The molecule has 1 N–H and O–H groups in total. The molecule has 100 valence electrons. The van der Waals surface area contributed by atoms with Crippen molar-refractivity contribution in [3.05, 3.63) is 35.4 Å². The lowest BCUT2D eigenvalue weighted by molar-refractivity contribution is 0.0891. The smallest absolute Gasteiger partial charge is 0.251 e. The van der Waals surface area contributed by atoms with Gasteiger partial charge >= 0.3 is 0 Å². The molecule has 3 nitrogen and oxygen atoms in total. The number of nitrogens with one attached hydrogen (secondary N) is 1. The van der Waals surface area contributed by atoms with E-state index in [1.807, 2.05) is 12.1 Å². The Morgan fingerprint density at radius 3 is 2.56 bits per heavy atom. The number of carbonyl (C=O) groups excluding carboxylic acids is 1. The molecule has 0 aromatic heterocycles. The van der Waals surface area contributed by atoms with E-state index in [-0.39, 0.29) is 11.9 Å².